The number of methoxy groups -OCH3 is 3. The molecular formula is C17H19O7P. The molecule has 0 saturated heterocycles. The molecule has 0 spiro atoms. The van der Waals surface area contributed by atoms with Crippen LogP contribution in [0.5, 0.6) is 23.0 Å². The fourth-order valence-electron chi connectivity index (χ4n) is 2.11. The maximum atomic E-state index is 11.1. The summed E-state index contributed by atoms with van der Waals surface area (Å²) in [5.74, 6) is 1.49. The van der Waals surface area contributed by atoms with Crippen molar-refractivity contribution in [1.29, 1.82) is 0 Å². The lowest BCUT2D eigenvalue weighted by Crippen LogP contribution is -1.94. The second-order valence-corrected chi connectivity index (χ2v) is 6.14. The van der Waals surface area contributed by atoms with Crippen LogP contribution in [0.3, 0.4) is 0 Å². The predicted octanol–water partition coefficient (Wildman–Crippen LogP) is 3.35. The minimum absolute atomic E-state index is 0.0405. The Morgan fingerprint density at radius 2 is 1.40 bits per heavy atom. The summed E-state index contributed by atoms with van der Waals surface area (Å²) < 4.78 is 31.2. The third-order valence-corrected chi connectivity index (χ3v) is 3.68. The highest BCUT2D eigenvalue weighted by Crippen LogP contribution is 2.42. The van der Waals surface area contributed by atoms with Crippen molar-refractivity contribution < 1.29 is 33.1 Å². The van der Waals surface area contributed by atoms with Gasteiger partial charge in [-0.2, -0.15) is 0 Å². The van der Waals surface area contributed by atoms with Crippen LogP contribution in [0.4, 0.5) is 0 Å². The smallest absolute Gasteiger partial charge is 0.497 e. The topological polar surface area (TPSA) is 94.5 Å². The number of rotatable bonds is 7. The van der Waals surface area contributed by atoms with E-state index in [1.54, 1.807) is 38.5 Å². The molecule has 0 amide bonds. The van der Waals surface area contributed by atoms with Gasteiger partial charge in [0.15, 0.2) is 11.5 Å². The second kappa shape index (κ2) is 8.07. The van der Waals surface area contributed by atoms with E-state index in [1.165, 1.54) is 13.2 Å². The van der Waals surface area contributed by atoms with E-state index in [0.717, 1.165) is 5.56 Å². The SMILES string of the molecule is COc1cc(/C=C\c2ccc(OC)c(OP(=O)(O)O)c2)cc(OC)c1. The molecule has 0 aliphatic rings. The summed E-state index contributed by atoms with van der Waals surface area (Å²) in [6, 6.07) is 10.2. The fraction of sp³-hybridized carbons (Fsp3) is 0.176. The molecule has 0 aromatic heterocycles. The molecule has 2 N–H and O–H groups in total. The molecule has 0 aliphatic carbocycles. The molecule has 7 nitrogen and oxygen atoms in total. The Labute approximate surface area is 145 Å². The van der Waals surface area contributed by atoms with Crippen LogP contribution in [0.25, 0.3) is 12.2 Å². The lowest BCUT2D eigenvalue weighted by molar-refractivity contribution is 0.276. The van der Waals surface area contributed by atoms with E-state index in [1.807, 2.05) is 18.2 Å². The Morgan fingerprint density at radius 1 is 0.800 bits per heavy atom. The standard InChI is InChI=1S/C17H19O7P/c1-21-14-8-13(9-15(11-14)22-2)5-4-12-6-7-16(23-3)17(10-12)24-25(18,19)20/h4-11H,1-3H3,(H2,18,19,20)/b5-4-. The molecule has 0 fully saturated rings. The van der Waals surface area contributed by atoms with Gasteiger partial charge in [-0.1, -0.05) is 18.2 Å². The molecule has 8 heteroatoms. The van der Waals surface area contributed by atoms with Crippen LogP contribution >= 0.6 is 7.82 Å². The van der Waals surface area contributed by atoms with E-state index in [4.69, 9.17) is 24.0 Å². The van der Waals surface area contributed by atoms with Crippen LogP contribution in [-0.4, -0.2) is 31.1 Å². The van der Waals surface area contributed by atoms with E-state index in [-0.39, 0.29) is 11.5 Å². The predicted molar refractivity (Wildman–Crippen MR) is 94.1 cm³/mol. The molecule has 0 radical (unpaired) electrons. The highest BCUT2D eigenvalue weighted by molar-refractivity contribution is 7.46. The zero-order chi connectivity index (χ0) is 18.4. The van der Waals surface area contributed by atoms with E-state index in [0.29, 0.717) is 17.1 Å². The van der Waals surface area contributed by atoms with Gasteiger partial charge in [-0.3, -0.25) is 9.79 Å². The van der Waals surface area contributed by atoms with Gasteiger partial charge in [0.05, 0.1) is 21.3 Å². The Hall–Kier alpha value is -2.47. The van der Waals surface area contributed by atoms with Gasteiger partial charge in [0.2, 0.25) is 0 Å². The third kappa shape index (κ3) is 5.53. The van der Waals surface area contributed by atoms with Crippen molar-refractivity contribution >= 4 is 20.0 Å². The summed E-state index contributed by atoms with van der Waals surface area (Å²) in [5, 5.41) is 0. The summed E-state index contributed by atoms with van der Waals surface area (Å²) in [4.78, 5) is 18.0. The molecule has 0 atom stereocenters. The third-order valence-electron chi connectivity index (χ3n) is 3.25. The van der Waals surface area contributed by atoms with Crippen molar-refractivity contribution in [3.05, 3.63) is 47.5 Å². The molecule has 0 bridgehead atoms. The van der Waals surface area contributed by atoms with Crippen molar-refractivity contribution in [2.24, 2.45) is 0 Å². The maximum absolute atomic E-state index is 11.1. The molecule has 2 aromatic carbocycles. The van der Waals surface area contributed by atoms with E-state index < -0.39 is 7.82 Å². The lowest BCUT2D eigenvalue weighted by Gasteiger charge is -2.11. The van der Waals surface area contributed by atoms with Gasteiger partial charge in [-0.15, -0.1) is 0 Å². The van der Waals surface area contributed by atoms with Crippen molar-refractivity contribution in [1.82, 2.24) is 0 Å². The summed E-state index contributed by atoms with van der Waals surface area (Å²) >= 11 is 0. The van der Waals surface area contributed by atoms with E-state index in [2.05, 4.69) is 4.52 Å². The highest BCUT2D eigenvalue weighted by atomic mass is 31.2. The number of phosphoric acid groups is 1. The van der Waals surface area contributed by atoms with Crippen LogP contribution in [0.15, 0.2) is 36.4 Å². The molecule has 25 heavy (non-hydrogen) atoms. The van der Waals surface area contributed by atoms with Gasteiger partial charge < -0.3 is 18.7 Å². The molecule has 0 aliphatic heterocycles. The van der Waals surface area contributed by atoms with Gasteiger partial charge in [-0.05, 0) is 35.4 Å². The van der Waals surface area contributed by atoms with Crippen molar-refractivity contribution in [2.45, 2.75) is 0 Å². The Bertz CT molecular complexity index is 788. The minimum Gasteiger partial charge on any atom is -0.497 e. The van der Waals surface area contributed by atoms with E-state index in [9.17, 15) is 4.57 Å². The number of ether oxygens (including phenoxy) is 3. The van der Waals surface area contributed by atoms with Crippen LogP contribution in [-0.2, 0) is 4.57 Å². The van der Waals surface area contributed by atoms with Crippen LogP contribution in [0.2, 0.25) is 0 Å². The molecule has 0 unspecified atom stereocenters. The van der Waals surface area contributed by atoms with E-state index >= 15 is 0 Å². The average Bonchev–Trinajstić information content (AvgIpc) is 2.58. The van der Waals surface area contributed by atoms with Gasteiger partial charge in [0.1, 0.15) is 11.5 Å². The van der Waals surface area contributed by atoms with Gasteiger partial charge in [0.25, 0.3) is 0 Å². The molecule has 0 saturated carbocycles. The monoisotopic (exact) mass is 366 g/mol. The number of benzene rings is 2. The lowest BCUT2D eigenvalue weighted by atomic mass is 10.1. The first-order valence-corrected chi connectivity index (χ1v) is 8.72. The summed E-state index contributed by atoms with van der Waals surface area (Å²) in [6.07, 6.45) is 3.58. The summed E-state index contributed by atoms with van der Waals surface area (Å²) in [7, 11) is -0.161. The zero-order valence-electron chi connectivity index (χ0n) is 14.0. The Balaban J connectivity index is 2.32. The molecule has 0 heterocycles. The first kappa shape index (κ1) is 18.9. The number of hydrogen-bond donors (Lipinski definition) is 2. The van der Waals surface area contributed by atoms with Crippen LogP contribution in [0, 0.1) is 0 Å². The zero-order valence-corrected chi connectivity index (χ0v) is 14.9. The van der Waals surface area contributed by atoms with Crippen molar-refractivity contribution in [3.8, 4) is 23.0 Å². The quantitative estimate of drug-likeness (QED) is 0.573. The second-order valence-electron chi connectivity index (χ2n) is 4.97. The first-order chi connectivity index (χ1) is 11.8. The van der Waals surface area contributed by atoms with Crippen molar-refractivity contribution in [3.63, 3.8) is 0 Å². The first-order valence-electron chi connectivity index (χ1n) is 7.19. The molecule has 2 aromatic rings. The average molecular weight is 366 g/mol. The van der Waals surface area contributed by atoms with Crippen LogP contribution in [0.1, 0.15) is 11.1 Å². The summed E-state index contributed by atoms with van der Waals surface area (Å²) in [6.45, 7) is 0. The highest BCUT2D eigenvalue weighted by Gasteiger charge is 2.19. The Morgan fingerprint density at radius 3 is 1.92 bits per heavy atom. The normalized spacial score (nSPS) is 11.4. The largest absolute Gasteiger partial charge is 0.524 e. The van der Waals surface area contributed by atoms with Crippen molar-refractivity contribution in [2.75, 3.05) is 21.3 Å². The number of hydrogen-bond acceptors (Lipinski definition) is 5. The molecule has 134 valence electrons. The minimum atomic E-state index is -4.68. The van der Waals surface area contributed by atoms with Crippen LogP contribution < -0.4 is 18.7 Å². The Kier molecular flexibility index (Phi) is 6.09. The molecule has 2 rings (SSSR count). The number of phosphoric ester groups is 1. The maximum Gasteiger partial charge on any atom is 0.524 e. The van der Waals surface area contributed by atoms with Gasteiger partial charge in [-0.25, -0.2) is 4.57 Å². The van der Waals surface area contributed by atoms with Gasteiger partial charge in [0, 0.05) is 6.07 Å². The summed E-state index contributed by atoms with van der Waals surface area (Å²) in [5.41, 5.74) is 1.51. The fourth-order valence-corrected chi connectivity index (χ4v) is 2.51. The van der Waals surface area contributed by atoms with Gasteiger partial charge >= 0.3 is 7.82 Å². The molecular weight excluding hydrogens is 347 g/mol.